The van der Waals surface area contributed by atoms with Crippen molar-refractivity contribution in [1.82, 2.24) is 30.7 Å². The van der Waals surface area contributed by atoms with E-state index < -0.39 is 108 Å². The van der Waals surface area contributed by atoms with Gasteiger partial charge in [-0.05, 0) is 87.3 Å². The Morgan fingerprint density at radius 3 is 2.34 bits per heavy atom. The monoisotopic (exact) mass is 864 g/mol. The number of rotatable bonds is 6. The molecule has 5 heterocycles. The second-order valence-electron chi connectivity index (χ2n) is 17.3. The number of hydrogen-bond donors (Lipinski definition) is 5. The molecule has 334 valence electrons. The molecule has 19 heteroatoms. The molecular formula is C43H54F2N8O9. The standard InChI is InChI=1S/C43H54F2N8O9/c1-22-13-35-42(60)62-24(3)36(41(59)53-21-30(54)19-34(53)40(58)51-11-6-5-7-32(51)38(56)46-23(2)39(57)52(35)20-22)49-37(55)31(16-25-14-27(44)17-28(45)15-25)48-43(61)47-29-9-8-26-10-12-50(4)33(26)18-29/h8-9,14-15,17-18,22-24,30-32,34-36,54H,5-7,10-13,16,19-21H2,1-4H3,(H,46,56)(H,49,55)(H2,47,48,61)/t22-,23+,24+,30-,31+,32+,34+,35+,36+/m1/s1. The Balaban J connectivity index is 1.22. The summed E-state index contributed by atoms with van der Waals surface area (Å²) in [4.78, 5) is 105. The van der Waals surface area contributed by atoms with E-state index in [9.17, 15) is 47.4 Å². The molecule has 4 fully saturated rings. The first kappa shape index (κ1) is 44.2. The molecule has 2 aromatic rings. The van der Waals surface area contributed by atoms with Gasteiger partial charge in [0.05, 0.1) is 6.10 Å². The Morgan fingerprint density at radius 2 is 1.60 bits per heavy atom. The van der Waals surface area contributed by atoms with Crippen LogP contribution < -0.4 is 26.2 Å². The minimum absolute atomic E-state index is 0.00585. The third kappa shape index (κ3) is 9.46. The number of ether oxygens (including phenoxy) is 1. The lowest BCUT2D eigenvalue weighted by molar-refractivity contribution is -0.163. The molecule has 7 rings (SSSR count). The quantitative estimate of drug-likeness (QED) is 0.262. The van der Waals surface area contributed by atoms with Crippen molar-refractivity contribution >= 4 is 52.9 Å². The van der Waals surface area contributed by atoms with Gasteiger partial charge in [-0.3, -0.25) is 24.0 Å². The van der Waals surface area contributed by atoms with Gasteiger partial charge in [0.2, 0.25) is 29.5 Å². The molecule has 0 aliphatic carbocycles. The number of carbonyl (C=O) groups excluding carboxylic acids is 7. The fraction of sp³-hybridized carbons (Fsp3) is 0.558. The molecule has 0 bridgehead atoms. The summed E-state index contributed by atoms with van der Waals surface area (Å²) in [6.07, 6.45) is -0.779. The molecule has 4 saturated heterocycles. The van der Waals surface area contributed by atoms with E-state index in [1.54, 1.807) is 12.1 Å². The van der Waals surface area contributed by atoms with Gasteiger partial charge in [0.25, 0.3) is 0 Å². The third-order valence-electron chi connectivity index (χ3n) is 12.5. The Labute approximate surface area is 357 Å². The van der Waals surface area contributed by atoms with Gasteiger partial charge >= 0.3 is 12.0 Å². The van der Waals surface area contributed by atoms with E-state index in [1.807, 2.05) is 24.9 Å². The van der Waals surface area contributed by atoms with Crippen molar-refractivity contribution in [2.45, 2.75) is 114 Å². The first-order chi connectivity index (χ1) is 29.5. The van der Waals surface area contributed by atoms with Crippen LogP contribution in [0.4, 0.5) is 25.0 Å². The summed E-state index contributed by atoms with van der Waals surface area (Å²) in [5.41, 5.74) is 2.39. The molecule has 9 atom stereocenters. The molecule has 7 amide bonds. The Hall–Kier alpha value is -5.85. The van der Waals surface area contributed by atoms with Crippen LogP contribution in [0, 0.1) is 17.6 Å². The molecule has 0 saturated carbocycles. The summed E-state index contributed by atoms with van der Waals surface area (Å²) < 4.78 is 34.8. The summed E-state index contributed by atoms with van der Waals surface area (Å²) in [5, 5.41) is 21.5. The lowest BCUT2D eigenvalue weighted by atomic mass is 9.98. The van der Waals surface area contributed by atoms with Crippen LogP contribution in [-0.4, -0.2) is 143 Å². The summed E-state index contributed by atoms with van der Waals surface area (Å²) >= 11 is 0. The Kier molecular flexibility index (Phi) is 13.0. The van der Waals surface area contributed by atoms with Crippen LogP contribution in [0.3, 0.4) is 0 Å². The summed E-state index contributed by atoms with van der Waals surface area (Å²) in [5.74, 6) is -6.55. The van der Waals surface area contributed by atoms with Crippen LogP contribution >= 0.6 is 0 Å². The Morgan fingerprint density at radius 1 is 0.871 bits per heavy atom. The average molecular weight is 865 g/mol. The number of hydrogen-bond acceptors (Lipinski definition) is 10. The molecule has 0 spiro atoms. The Bertz CT molecular complexity index is 2110. The molecule has 0 unspecified atom stereocenters. The zero-order chi connectivity index (χ0) is 44.6. The van der Waals surface area contributed by atoms with Gasteiger partial charge < -0.3 is 50.7 Å². The molecule has 5 N–H and O–H groups in total. The molecule has 5 aliphatic rings. The average Bonchev–Trinajstić information content (AvgIpc) is 3.93. The predicted octanol–water partition coefficient (Wildman–Crippen LogP) is 1.20. The number of anilines is 2. The maximum absolute atomic E-state index is 14.8. The smallest absolute Gasteiger partial charge is 0.329 e. The number of carbonyl (C=O) groups is 7. The highest BCUT2D eigenvalue weighted by molar-refractivity contribution is 5.99. The van der Waals surface area contributed by atoms with Crippen molar-refractivity contribution in [2.75, 3.05) is 43.4 Å². The number of urea groups is 1. The van der Waals surface area contributed by atoms with Crippen LogP contribution in [0.15, 0.2) is 36.4 Å². The molecule has 0 aromatic heterocycles. The van der Waals surface area contributed by atoms with Crippen LogP contribution in [-0.2, 0) is 46.3 Å². The van der Waals surface area contributed by atoms with E-state index in [1.165, 1.54) is 23.6 Å². The van der Waals surface area contributed by atoms with Gasteiger partial charge in [-0.2, -0.15) is 0 Å². The lowest BCUT2D eigenvalue weighted by Gasteiger charge is -2.39. The molecule has 2 aromatic carbocycles. The maximum Gasteiger partial charge on any atom is 0.329 e. The van der Waals surface area contributed by atoms with Crippen molar-refractivity contribution in [3.8, 4) is 0 Å². The number of benzene rings is 2. The SMILES string of the molecule is C[C@@H]1C[C@H]2C(=O)O[C@@H](C)[C@H](NC(=O)[C@H](Cc3cc(F)cc(F)c3)NC(=O)Nc3ccc4c(c3)N(C)CC4)C(=O)N3C[C@H](O)C[C@H]3C(=O)N3CCCC[C@H]3C(=O)N[C@@H](C)C(=O)N2C1. The van der Waals surface area contributed by atoms with Gasteiger partial charge in [-0.15, -0.1) is 0 Å². The van der Waals surface area contributed by atoms with Crippen LogP contribution in [0.25, 0.3) is 0 Å². The number of aliphatic hydroxyl groups excluding tert-OH is 1. The highest BCUT2D eigenvalue weighted by Gasteiger charge is 2.49. The number of likely N-dealkylation sites (N-methyl/N-ethyl adjacent to an activating group) is 1. The number of nitrogens with zero attached hydrogens (tertiary/aromatic N) is 4. The predicted molar refractivity (Wildman–Crippen MR) is 219 cm³/mol. The molecule has 17 nitrogen and oxygen atoms in total. The molecule has 0 radical (unpaired) electrons. The van der Waals surface area contributed by atoms with Gasteiger partial charge in [0.1, 0.15) is 54.0 Å². The van der Waals surface area contributed by atoms with Gasteiger partial charge in [0.15, 0.2) is 0 Å². The number of esters is 1. The van der Waals surface area contributed by atoms with E-state index in [2.05, 4.69) is 21.3 Å². The highest BCUT2D eigenvalue weighted by atomic mass is 19.1. The highest BCUT2D eigenvalue weighted by Crippen LogP contribution is 2.31. The lowest BCUT2D eigenvalue weighted by Crippen LogP contribution is -2.63. The largest absolute Gasteiger partial charge is 0.458 e. The number of aliphatic hydroxyl groups is 1. The first-order valence-electron chi connectivity index (χ1n) is 21.2. The van der Waals surface area contributed by atoms with Crippen molar-refractivity contribution in [2.24, 2.45) is 5.92 Å². The van der Waals surface area contributed by atoms with Crippen LogP contribution in [0.2, 0.25) is 0 Å². The van der Waals surface area contributed by atoms with Crippen LogP contribution in [0.5, 0.6) is 0 Å². The summed E-state index contributed by atoms with van der Waals surface area (Å²) in [6.45, 7) is 5.49. The van der Waals surface area contributed by atoms with E-state index >= 15 is 0 Å². The van der Waals surface area contributed by atoms with E-state index in [0.717, 1.165) is 41.2 Å². The van der Waals surface area contributed by atoms with Crippen molar-refractivity contribution in [3.05, 3.63) is 59.2 Å². The van der Waals surface area contributed by atoms with E-state index in [-0.39, 0.29) is 50.4 Å². The maximum atomic E-state index is 14.8. The minimum Gasteiger partial charge on any atom is -0.458 e. The minimum atomic E-state index is -1.74. The third-order valence-corrected chi connectivity index (χ3v) is 12.5. The number of halogens is 2. The van der Waals surface area contributed by atoms with Crippen molar-refractivity contribution in [1.29, 1.82) is 0 Å². The number of nitrogens with one attached hydrogen (secondary N) is 4. The number of amides is 7. The van der Waals surface area contributed by atoms with Gasteiger partial charge in [-0.1, -0.05) is 13.0 Å². The van der Waals surface area contributed by atoms with Gasteiger partial charge in [0, 0.05) is 63.5 Å². The number of cyclic esters (lactones) is 1. The molecule has 62 heavy (non-hydrogen) atoms. The van der Waals surface area contributed by atoms with E-state index in [4.69, 9.17) is 4.74 Å². The molecule has 5 aliphatic heterocycles. The first-order valence-corrected chi connectivity index (χ1v) is 21.2. The number of piperidine rings is 1. The second kappa shape index (κ2) is 18.2. The summed E-state index contributed by atoms with van der Waals surface area (Å²) in [7, 11) is 1.91. The fourth-order valence-corrected chi connectivity index (χ4v) is 9.34. The molecular weight excluding hydrogens is 811 g/mol. The van der Waals surface area contributed by atoms with Crippen LogP contribution in [0.1, 0.15) is 64.0 Å². The second-order valence-corrected chi connectivity index (χ2v) is 17.3. The zero-order valence-electron chi connectivity index (χ0n) is 35.2. The normalized spacial score (nSPS) is 28.7. The fourth-order valence-electron chi connectivity index (χ4n) is 9.34. The topological polar surface area (TPSA) is 210 Å². The summed E-state index contributed by atoms with van der Waals surface area (Å²) in [6, 6.07) is -0.636. The van der Waals surface area contributed by atoms with Crippen molar-refractivity contribution in [3.63, 3.8) is 0 Å². The zero-order valence-corrected chi connectivity index (χ0v) is 35.2. The number of fused-ring (bicyclic) bond motifs is 4. The van der Waals surface area contributed by atoms with Crippen molar-refractivity contribution < 1.29 is 52.2 Å². The van der Waals surface area contributed by atoms with Gasteiger partial charge in [-0.25, -0.2) is 18.4 Å². The van der Waals surface area contributed by atoms with E-state index in [0.29, 0.717) is 24.6 Å².